The molecule has 2 unspecified atom stereocenters. The van der Waals surface area contributed by atoms with E-state index < -0.39 is 11.7 Å². The molecule has 3 nitrogen and oxygen atoms in total. The second kappa shape index (κ2) is 6.81. The molecule has 1 aromatic rings. The number of rotatable bonds is 3. The summed E-state index contributed by atoms with van der Waals surface area (Å²) in [7, 11) is 1.48. The SMILES string of the molecule is CC1CCC([C@@H](C)NC(=O)N(C)c2cccc(C(F)(F)F)c2)C1. The van der Waals surface area contributed by atoms with E-state index in [0.717, 1.165) is 31.4 Å². The largest absolute Gasteiger partial charge is 0.416 e. The van der Waals surface area contributed by atoms with Crippen molar-refractivity contribution in [3.8, 4) is 0 Å². The average Bonchev–Trinajstić information content (AvgIpc) is 2.92. The van der Waals surface area contributed by atoms with E-state index in [1.165, 1.54) is 24.1 Å². The Hall–Kier alpha value is -1.72. The molecule has 0 bridgehead atoms. The summed E-state index contributed by atoms with van der Waals surface area (Å²) in [5, 5.41) is 2.90. The molecule has 0 aliphatic heterocycles. The van der Waals surface area contributed by atoms with Gasteiger partial charge in [-0.25, -0.2) is 4.79 Å². The van der Waals surface area contributed by atoms with Crippen molar-refractivity contribution in [2.45, 2.75) is 45.3 Å². The van der Waals surface area contributed by atoms with E-state index in [4.69, 9.17) is 0 Å². The van der Waals surface area contributed by atoms with E-state index >= 15 is 0 Å². The lowest BCUT2D eigenvalue weighted by Gasteiger charge is -2.25. The lowest BCUT2D eigenvalue weighted by Crippen LogP contribution is -2.44. The summed E-state index contributed by atoms with van der Waals surface area (Å²) in [6.07, 6.45) is -1.10. The number of anilines is 1. The number of hydrogen-bond acceptors (Lipinski definition) is 1. The summed E-state index contributed by atoms with van der Waals surface area (Å²) < 4.78 is 38.3. The summed E-state index contributed by atoms with van der Waals surface area (Å²) in [5.41, 5.74) is -0.531. The Morgan fingerprint density at radius 1 is 1.35 bits per heavy atom. The highest BCUT2D eigenvalue weighted by molar-refractivity contribution is 5.91. The van der Waals surface area contributed by atoms with Crippen molar-refractivity contribution in [3.63, 3.8) is 0 Å². The number of alkyl halides is 3. The molecule has 0 aromatic heterocycles. The normalized spacial score (nSPS) is 22.7. The number of benzene rings is 1. The topological polar surface area (TPSA) is 32.3 Å². The molecule has 0 radical (unpaired) electrons. The minimum Gasteiger partial charge on any atom is -0.335 e. The molecule has 1 aromatic carbocycles. The van der Waals surface area contributed by atoms with Crippen LogP contribution >= 0.6 is 0 Å². The molecule has 2 amide bonds. The monoisotopic (exact) mass is 328 g/mol. The Morgan fingerprint density at radius 3 is 2.61 bits per heavy atom. The van der Waals surface area contributed by atoms with Crippen molar-refractivity contribution >= 4 is 11.7 Å². The van der Waals surface area contributed by atoms with Gasteiger partial charge in [0.1, 0.15) is 0 Å². The van der Waals surface area contributed by atoms with Crippen molar-refractivity contribution in [1.29, 1.82) is 0 Å². The first-order valence-electron chi connectivity index (χ1n) is 7.90. The van der Waals surface area contributed by atoms with Gasteiger partial charge >= 0.3 is 12.2 Å². The molecule has 1 N–H and O–H groups in total. The number of hydrogen-bond donors (Lipinski definition) is 1. The summed E-state index contributed by atoms with van der Waals surface area (Å²) in [6.45, 7) is 4.16. The zero-order valence-corrected chi connectivity index (χ0v) is 13.7. The van der Waals surface area contributed by atoms with Gasteiger partial charge in [0.05, 0.1) is 5.56 Å². The van der Waals surface area contributed by atoms with E-state index in [1.807, 2.05) is 6.92 Å². The molecule has 0 heterocycles. The van der Waals surface area contributed by atoms with E-state index in [-0.39, 0.29) is 17.8 Å². The van der Waals surface area contributed by atoms with Crippen LogP contribution in [0.4, 0.5) is 23.7 Å². The smallest absolute Gasteiger partial charge is 0.335 e. The number of carbonyl (C=O) groups excluding carboxylic acids is 1. The lowest BCUT2D eigenvalue weighted by molar-refractivity contribution is -0.137. The molecule has 0 spiro atoms. The van der Waals surface area contributed by atoms with Crippen molar-refractivity contribution < 1.29 is 18.0 Å². The minimum absolute atomic E-state index is 0.0145. The van der Waals surface area contributed by atoms with Crippen LogP contribution < -0.4 is 10.2 Å². The molecular weight excluding hydrogens is 305 g/mol. The van der Waals surface area contributed by atoms with Crippen LogP contribution in [0.1, 0.15) is 38.7 Å². The second-order valence-electron chi connectivity index (χ2n) is 6.52. The predicted octanol–water partition coefficient (Wildman–Crippen LogP) is 4.68. The highest BCUT2D eigenvalue weighted by Crippen LogP contribution is 2.33. The summed E-state index contributed by atoms with van der Waals surface area (Å²) in [4.78, 5) is 13.5. The molecule has 2 rings (SSSR count). The maximum Gasteiger partial charge on any atom is 0.416 e. The zero-order valence-electron chi connectivity index (χ0n) is 13.7. The van der Waals surface area contributed by atoms with Crippen LogP contribution in [0.25, 0.3) is 0 Å². The molecule has 1 aliphatic rings. The van der Waals surface area contributed by atoms with Crippen molar-refractivity contribution in [2.75, 3.05) is 11.9 Å². The van der Waals surface area contributed by atoms with Crippen LogP contribution in [0.15, 0.2) is 24.3 Å². The Morgan fingerprint density at radius 2 is 2.04 bits per heavy atom. The summed E-state index contributed by atoms with van der Waals surface area (Å²) in [5.74, 6) is 1.10. The van der Waals surface area contributed by atoms with Gasteiger partial charge in [0.15, 0.2) is 0 Å². The van der Waals surface area contributed by atoms with Crippen molar-refractivity contribution in [2.24, 2.45) is 11.8 Å². The van der Waals surface area contributed by atoms with Gasteiger partial charge < -0.3 is 5.32 Å². The maximum absolute atomic E-state index is 12.8. The standard InChI is InChI=1S/C17H23F3N2O/c1-11-7-8-13(9-11)12(2)21-16(23)22(3)15-6-4-5-14(10-15)17(18,19)20/h4-6,10-13H,7-9H2,1-3H3,(H,21,23)/t11?,12-,13?/m1/s1. The van der Waals surface area contributed by atoms with Crippen LogP contribution in [-0.2, 0) is 6.18 Å². The van der Waals surface area contributed by atoms with Gasteiger partial charge in [0, 0.05) is 18.8 Å². The molecule has 1 aliphatic carbocycles. The molecule has 0 saturated heterocycles. The number of carbonyl (C=O) groups is 1. The molecule has 23 heavy (non-hydrogen) atoms. The predicted molar refractivity (Wildman–Crippen MR) is 84.3 cm³/mol. The second-order valence-corrected chi connectivity index (χ2v) is 6.52. The van der Waals surface area contributed by atoms with Gasteiger partial charge in [-0.05, 0) is 49.8 Å². The van der Waals surface area contributed by atoms with Crippen LogP contribution in [0, 0.1) is 11.8 Å². The Bertz CT molecular complexity index is 559. The number of halogens is 3. The van der Waals surface area contributed by atoms with Crippen molar-refractivity contribution in [3.05, 3.63) is 29.8 Å². The Balaban J connectivity index is 2.02. The van der Waals surface area contributed by atoms with E-state index in [0.29, 0.717) is 11.8 Å². The third-order valence-corrected chi connectivity index (χ3v) is 4.66. The lowest BCUT2D eigenvalue weighted by atomic mass is 9.98. The highest BCUT2D eigenvalue weighted by atomic mass is 19.4. The summed E-state index contributed by atoms with van der Waals surface area (Å²) >= 11 is 0. The number of urea groups is 1. The molecule has 6 heteroatoms. The first-order chi connectivity index (χ1) is 10.7. The van der Waals surface area contributed by atoms with Crippen molar-refractivity contribution in [1.82, 2.24) is 5.32 Å². The molecule has 1 fully saturated rings. The van der Waals surface area contributed by atoms with Gasteiger partial charge in [-0.15, -0.1) is 0 Å². The van der Waals surface area contributed by atoms with E-state index in [1.54, 1.807) is 0 Å². The Kier molecular flexibility index (Phi) is 5.22. The fourth-order valence-corrected chi connectivity index (χ4v) is 3.12. The first kappa shape index (κ1) is 17.6. The first-order valence-corrected chi connectivity index (χ1v) is 7.90. The van der Waals surface area contributed by atoms with Crippen LogP contribution in [0.2, 0.25) is 0 Å². The number of nitrogens with one attached hydrogen (secondary N) is 1. The quantitative estimate of drug-likeness (QED) is 0.859. The summed E-state index contributed by atoms with van der Waals surface area (Å²) in [6, 6.07) is 4.43. The molecule has 1 saturated carbocycles. The molecule has 128 valence electrons. The molecular formula is C17H23F3N2O. The van der Waals surface area contributed by atoms with Gasteiger partial charge in [-0.2, -0.15) is 13.2 Å². The molecule has 3 atom stereocenters. The van der Waals surface area contributed by atoms with E-state index in [9.17, 15) is 18.0 Å². The fourth-order valence-electron chi connectivity index (χ4n) is 3.12. The fraction of sp³-hybridized carbons (Fsp3) is 0.588. The van der Waals surface area contributed by atoms with Gasteiger partial charge in [-0.3, -0.25) is 4.90 Å². The maximum atomic E-state index is 12.8. The Labute approximate surface area is 134 Å². The van der Waals surface area contributed by atoms with Crippen LogP contribution in [-0.4, -0.2) is 19.1 Å². The average molecular weight is 328 g/mol. The van der Waals surface area contributed by atoms with Crippen LogP contribution in [0.5, 0.6) is 0 Å². The zero-order chi connectivity index (χ0) is 17.2. The van der Waals surface area contributed by atoms with Gasteiger partial charge in [-0.1, -0.05) is 19.4 Å². The minimum atomic E-state index is -4.42. The highest BCUT2D eigenvalue weighted by Gasteiger charge is 2.31. The number of amides is 2. The van der Waals surface area contributed by atoms with Gasteiger partial charge in [0.2, 0.25) is 0 Å². The van der Waals surface area contributed by atoms with Gasteiger partial charge in [0.25, 0.3) is 0 Å². The van der Waals surface area contributed by atoms with Crippen LogP contribution in [0.3, 0.4) is 0 Å². The van der Waals surface area contributed by atoms with E-state index in [2.05, 4.69) is 12.2 Å². The number of nitrogens with zero attached hydrogens (tertiary/aromatic N) is 1. The third kappa shape index (κ3) is 4.39. The third-order valence-electron chi connectivity index (χ3n) is 4.66.